The number of hydrogen-bond donors (Lipinski definition) is 1. The number of piperidine rings is 1. The lowest BCUT2D eigenvalue weighted by atomic mass is 9.93. The molecule has 0 bridgehead atoms. The molecule has 0 saturated carbocycles. The molecule has 1 aliphatic rings. The lowest BCUT2D eigenvalue weighted by Crippen LogP contribution is -2.50. The third kappa shape index (κ3) is 3.95. The van der Waals surface area contributed by atoms with Gasteiger partial charge < -0.3 is 14.7 Å². The van der Waals surface area contributed by atoms with E-state index in [4.69, 9.17) is 4.52 Å². The predicted octanol–water partition coefficient (Wildman–Crippen LogP) is 3.61. The highest BCUT2D eigenvalue weighted by Gasteiger charge is 2.33. The van der Waals surface area contributed by atoms with Crippen molar-refractivity contribution in [3.8, 4) is 0 Å². The van der Waals surface area contributed by atoms with E-state index >= 15 is 0 Å². The molecular weight excluding hydrogens is 330 g/mol. The lowest BCUT2D eigenvalue weighted by Gasteiger charge is -2.34. The summed E-state index contributed by atoms with van der Waals surface area (Å²) in [5.74, 6) is 0.759. The van der Waals surface area contributed by atoms with Crippen molar-refractivity contribution in [1.82, 2.24) is 10.1 Å². The molecule has 6 nitrogen and oxygen atoms in total. The second-order valence-electron chi connectivity index (χ2n) is 7.69. The van der Waals surface area contributed by atoms with Gasteiger partial charge in [-0.05, 0) is 31.4 Å². The minimum Gasteiger partial charge on any atom is -0.359 e. The molecule has 2 aromatic rings. The zero-order valence-corrected chi connectivity index (χ0v) is 15.5. The topological polar surface area (TPSA) is 75.4 Å². The quantitative estimate of drug-likeness (QED) is 0.913. The van der Waals surface area contributed by atoms with Crippen LogP contribution in [0.1, 0.15) is 56.2 Å². The van der Waals surface area contributed by atoms with Gasteiger partial charge in [0.05, 0.1) is 0 Å². The average molecular weight is 355 g/mol. The molecule has 1 aromatic heterocycles. The molecule has 1 saturated heterocycles. The summed E-state index contributed by atoms with van der Waals surface area (Å²) < 4.78 is 5.32. The molecule has 0 spiro atoms. The first kappa shape index (κ1) is 18.2. The van der Waals surface area contributed by atoms with Crippen molar-refractivity contribution in [3.05, 3.63) is 47.7 Å². The van der Waals surface area contributed by atoms with Gasteiger partial charge in [0.1, 0.15) is 11.8 Å². The molecule has 2 amide bonds. The van der Waals surface area contributed by atoms with Crippen LogP contribution in [0.5, 0.6) is 0 Å². The molecule has 1 aromatic carbocycles. The van der Waals surface area contributed by atoms with Crippen LogP contribution in [0.4, 0.5) is 5.82 Å². The molecule has 2 heterocycles. The molecule has 1 atom stereocenters. The number of rotatable bonds is 3. The molecule has 0 aliphatic carbocycles. The van der Waals surface area contributed by atoms with Gasteiger partial charge in [0, 0.05) is 23.6 Å². The molecule has 26 heavy (non-hydrogen) atoms. The number of nitrogens with one attached hydrogen (secondary N) is 1. The van der Waals surface area contributed by atoms with E-state index in [1.165, 1.54) is 0 Å². The van der Waals surface area contributed by atoms with Crippen LogP contribution in [0.2, 0.25) is 0 Å². The van der Waals surface area contributed by atoms with Gasteiger partial charge in [-0.3, -0.25) is 9.59 Å². The van der Waals surface area contributed by atoms with Crippen molar-refractivity contribution >= 4 is 17.6 Å². The van der Waals surface area contributed by atoms with Gasteiger partial charge in [0.2, 0.25) is 5.91 Å². The minimum atomic E-state index is -0.494. The number of anilines is 1. The number of carbonyl (C=O) groups excluding carboxylic acids is 2. The summed E-state index contributed by atoms with van der Waals surface area (Å²) in [5.41, 5.74) is 0.416. The Kier molecular flexibility index (Phi) is 5.11. The highest BCUT2D eigenvalue weighted by molar-refractivity contribution is 6.01. The van der Waals surface area contributed by atoms with Crippen LogP contribution >= 0.6 is 0 Å². The van der Waals surface area contributed by atoms with E-state index in [9.17, 15) is 9.59 Å². The third-order valence-corrected chi connectivity index (χ3v) is 4.59. The number of nitrogens with zero attached hydrogens (tertiary/aromatic N) is 2. The summed E-state index contributed by atoms with van der Waals surface area (Å²) in [6.45, 7) is 6.62. The first-order chi connectivity index (χ1) is 12.4. The highest BCUT2D eigenvalue weighted by Crippen LogP contribution is 2.25. The summed E-state index contributed by atoms with van der Waals surface area (Å²) in [4.78, 5) is 27.3. The fourth-order valence-corrected chi connectivity index (χ4v) is 3.09. The summed E-state index contributed by atoms with van der Waals surface area (Å²) in [6.07, 6.45) is 2.47. The SMILES string of the molecule is CC(C)(C)c1cc(NC(=O)[C@@H]2CCCCN2C(=O)c2ccccc2)no1. The Morgan fingerprint density at radius 1 is 1.19 bits per heavy atom. The monoisotopic (exact) mass is 355 g/mol. The van der Waals surface area contributed by atoms with E-state index in [-0.39, 0.29) is 17.2 Å². The molecule has 1 fully saturated rings. The van der Waals surface area contributed by atoms with Crippen LogP contribution < -0.4 is 5.32 Å². The fourth-order valence-electron chi connectivity index (χ4n) is 3.09. The second kappa shape index (κ2) is 7.32. The van der Waals surface area contributed by atoms with Gasteiger partial charge >= 0.3 is 0 Å². The van der Waals surface area contributed by atoms with Gasteiger partial charge in [-0.25, -0.2) is 0 Å². The molecule has 6 heteroatoms. The Morgan fingerprint density at radius 3 is 2.58 bits per heavy atom. The fraction of sp³-hybridized carbons (Fsp3) is 0.450. The molecular formula is C20H25N3O3. The van der Waals surface area contributed by atoms with Crippen molar-refractivity contribution in [3.63, 3.8) is 0 Å². The number of aromatic nitrogens is 1. The Balaban J connectivity index is 1.74. The normalized spacial score (nSPS) is 17.8. The van der Waals surface area contributed by atoms with Crippen molar-refractivity contribution in [1.29, 1.82) is 0 Å². The van der Waals surface area contributed by atoms with Gasteiger partial charge in [-0.2, -0.15) is 0 Å². The number of hydrogen-bond acceptors (Lipinski definition) is 4. The molecule has 0 radical (unpaired) electrons. The highest BCUT2D eigenvalue weighted by atomic mass is 16.5. The number of amides is 2. The summed E-state index contributed by atoms with van der Waals surface area (Å²) in [7, 11) is 0. The maximum Gasteiger partial charge on any atom is 0.254 e. The molecule has 1 N–H and O–H groups in total. The number of likely N-dealkylation sites (tertiary alicyclic amines) is 1. The van der Waals surface area contributed by atoms with Gasteiger partial charge in [0.15, 0.2) is 5.82 Å². The number of carbonyl (C=O) groups is 2. The standard InChI is InChI=1S/C20H25N3O3/c1-20(2,3)16-13-17(22-26-16)21-18(24)15-11-7-8-12-23(15)19(25)14-9-5-4-6-10-14/h4-6,9-10,13,15H,7-8,11-12H2,1-3H3,(H,21,22,24)/t15-/m0/s1. The molecule has 0 unspecified atom stereocenters. The largest absolute Gasteiger partial charge is 0.359 e. The van der Waals surface area contributed by atoms with Gasteiger partial charge in [0.25, 0.3) is 5.91 Å². The zero-order chi connectivity index (χ0) is 18.7. The van der Waals surface area contributed by atoms with E-state index in [0.29, 0.717) is 30.1 Å². The summed E-state index contributed by atoms with van der Waals surface area (Å²) >= 11 is 0. The Hall–Kier alpha value is -2.63. The van der Waals surface area contributed by atoms with Crippen LogP contribution in [0.15, 0.2) is 40.9 Å². The van der Waals surface area contributed by atoms with Crippen LogP contribution in [-0.2, 0) is 10.2 Å². The van der Waals surface area contributed by atoms with Crippen LogP contribution in [0.3, 0.4) is 0 Å². The van der Waals surface area contributed by atoms with Crippen molar-refractivity contribution in [2.75, 3.05) is 11.9 Å². The molecule has 1 aliphatic heterocycles. The summed E-state index contributed by atoms with van der Waals surface area (Å²) in [6, 6.07) is 10.3. The van der Waals surface area contributed by atoms with Gasteiger partial charge in [-0.15, -0.1) is 0 Å². The molecule has 3 rings (SSSR count). The lowest BCUT2D eigenvalue weighted by molar-refractivity contribution is -0.121. The predicted molar refractivity (Wildman–Crippen MR) is 99.0 cm³/mol. The first-order valence-corrected chi connectivity index (χ1v) is 9.00. The maximum atomic E-state index is 12.8. The van der Waals surface area contributed by atoms with Crippen molar-refractivity contribution < 1.29 is 14.1 Å². The average Bonchev–Trinajstić information content (AvgIpc) is 3.11. The van der Waals surface area contributed by atoms with E-state index in [1.54, 1.807) is 23.1 Å². The van der Waals surface area contributed by atoms with Crippen LogP contribution in [0.25, 0.3) is 0 Å². The Labute approximate surface area is 153 Å². The van der Waals surface area contributed by atoms with E-state index in [1.807, 2.05) is 39.0 Å². The number of benzene rings is 1. The Bertz CT molecular complexity index is 777. The minimum absolute atomic E-state index is 0.110. The Morgan fingerprint density at radius 2 is 1.92 bits per heavy atom. The second-order valence-corrected chi connectivity index (χ2v) is 7.69. The van der Waals surface area contributed by atoms with Gasteiger partial charge in [-0.1, -0.05) is 44.1 Å². The zero-order valence-electron chi connectivity index (χ0n) is 15.5. The van der Waals surface area contributed by atoms with Crippen molar-refractivity contribution in [2.45, 2.75) is 51.5 Å². The first-order valence-electron chi connectivity index (χ1n) is 9.00. The van der Waals surface area contributed by atoms with E-state index in [2.05, 4.69) is 10.5 Å². The molecule has 138 valence electrons. The smallest absolute Gasteiger partial charge is 0.254 e. The van der Waals surface area contributed by atoms with Crippen molar-refractivity contribution in [2.24, 2.45) is 0 Å². The summed E-state index contributed by atoms with van der Waals surface area (Å²) in [5, 5.41) is 6.74. The van der Waals surface area contributed by atoms with Crippen LogP contribution in [0, 0.1) is 0 Å². The maximum absolute atomic E-state index is 12.8. The van der Waals surface area contributed by atoms with Crippen LogP contribution in [-0.4, -0.2) is 34.5 Å². The third-order valence-electron chi connectivity index (χ3n) is 4.59. The van der Waals surface area contributed by atoms with E-state index in [0.717, 1.165) is 12.8 Å². The van der Waals surface area contributed by atoms with E-state index < -0.39 is 6.04 Å².